The molecule has 1 amide bonds. The van der Waals surface area contributed by atoms with Crippen LogP contribution >= 0.6 is 11.8 Å². The van der Waals surface area contributed by atoms with E-state index < -0.39 is 5.54 Å². The maximum atomic E-state index is 11.6. The Bertz CT molecular complexity index is 251. The van der Waals surface area contributed by atoms with Gasteiger partial charge in [-0.15, -0.1) is 0 Å². The number of carbonyl (C=O) groups excluding carboxylic acids is 1. The molecule has 0 spiro atoms. The van der Waals surface area contributed by atoms with Crippen molar-refractivity contribution in [3.8, 4) is 0 Å². The fourth-order valence-electron chi connectivity index (χ4n) is 2.41. The number of primary amides is 1. The van der Waals surface area contributed by atoms with Crippen molar-refractivity contribution in [2.45, 2.75) is 43.4 Å². The van der Waals surface area contributed by atoms with Gasteiger partial charge in [0, 0.05) is 19.0 Å². The van der Waals surface area contributed by atoms with Crippen LogP contribution in [0.5, 0.6) is 0 Å². The van der Waals surface area contributed by atoms with Gasteiger partial charge in [0.15, 0.2) is 0 Å². The standard InChI is InChI=1S/C12H24N2O2S/c1-3-14-12(11(13)15)6-5-10(9-12)17-8-4-7-16-2/h10,14H,3-9H2,1-2H3,(H2,13,15). The van der Waals surface area contributed by atoms with Gasteiger partial charge >= 0.3 is 0 Å². The monoisotopic (exact) mass is 260 g/mol. The molecule has 0 aromatic rings. The molecule has 5 heteroatoms. The van der Waals surface area contributed by atoms with Crippen molar-refractivity contribution in [1.82, 2.24) is 5.32 Å². The van der Waals surface area contributed by atoms with Crippen LogP contribution in [0.1, 0.15) is 32.6 Å². The number of carbonyl (C=O) groups is 1. The minimum Gasteiger partial charge on any atom is -0.385 e. The van der Waals surface area contributed by atoms with Crippen LogP contribution in [0.15, 0.2) is 0 Å². The van der Waals surface area contributed by atoms with Crippen LogP contribution in [-0.2, 0) is 9.53 Å². The SMILES string of the molecule is CCNC1(C(N)=O)CCC(SCCCOC)C1. The van der Waals surface area contributed by atoms with Crippen LogP contribution in [-0.4, -0.2) is 42.7 Å². The maximum Gasteiger partial charge on any atom is 0.237 e. The summed E-state index contributed by atoms with van der Waals surface area (Å²) in [5.74, 6) is 0.902. The van der Waals surface area contributed by atoms with E-state index in [0.717, 1.165) is 44.6 Å². The number of hydrogen-bond donors (Lipinski definition) is 2. The maximum absolute atomic E-state index is 11.6. The quantitative estimate of drug-likeness (QED) is 0.642. The van der Waals surface area contributed by atoms with Gasteiger partial charge in [0.2, 0.25) is 5.91 Å². The summed E-state index contributed by atoms with van der Waals surface area (Å²) < 4.78 is 5.02. The number of nitrogens with one attached hydrogen (secondary N) is 1. The summed E-state index contributed by atoms with van der Waals surface area (Å²) in [4.78, 5) is 11.6. The number of likely N-dealkylation sites (N-methyl/N-ethyl adjacent to an activating group) is 1. The highest BCUT2D eigenvalue weighted by molar-refractivity contribution is 7.99. The molecule has 0 aliphatic heterocycles. The highest BCUT2D eigenvalue weighted by atomic mass is 32.2. The van der Waals surface area contributed by atoms with E-state index in [9.17, 15) is 4.79 Å². The molecular weight excluding hydrogens is 236 g/mol. The second-order valence-corrected chi connectivity index (χ2v) is 5.97. The van der Waals surface area contributed by atoms with Gasteiger partial charge in [-0.05, 0) is 38.0 Å². The minimum absolute atomic E-state index is 0.195. The number of ether oxygens (including phenoxy) is 1. The molecule has 3 N–H and O–H groups in total. The molecule has 2 atom stereocenters. The van der Waals surface area contributed by atoms with E-state index in [2.05, 4.69) is 5.32 Å². The van der Waals surface area contributed by atoms with Crippen molar-refractivity contribution in [3.05, 3.63) is 0 Å². The van der Waals surface area contributed by atoms with Gasteiger partial charge in [0.25, 0.3) is 0 Å². The second-order valence-electron chi connectivity index (χ2n) is 4.56. The Hall–Kier alpha value is -0.260. The molecule has 1 aliphatic rings. The van der Waals surface area contributed by atoms with Gasteiger partial charge in [-0.1, -0.05) is 6.92 Å². The molecule has 17 heavy (non-hydrogen) atoms. The Morgan fingerprint density at radius 3 is 3.00 bits per heavy atom. The average Bonchev–Trinajstić information content (AvgIpc) is 2.70. The van der Waals surface area contributed by atoms with Gasteiger partial charge in [-0.3, -0.25) is 4.79 Å². The lowest BCUT2D eigenvalue weighted by molar-refractivity contribution is -0.124. The Morgan fingerprint density at radius 2 is 2.41 bits per heavy atom. The lowest BCUT2D eigenvalue weighted by atomic mass is 9.97. The molecular formula is C12H24N2O2S. The molecule has 0 radical (unpaired) electrons. The van der Waals surface area contributed by atoms with Crippen molar-refractivity contribution in [2.75, 3.05) is 26.0 Å². The molecule has 0 aromatic carbocycles. The Kier molecular flexibility index (Phi) is 6.30. The zero-order chi connectivity index (χ0) is 12.7. The Labute approximate surface area is 108 Å². The molecule has 1 aliphatic carbocycles. The van der Waals surface area contributed by atoms with E-state index in [4.69, 9.17) is 10.5 Å². The van der Waals surface area contributed by atoms with Crippen molar-refractivity contribution < 1.29 is 9.53 Å². The molecule has 100 valence electrons. The fraction of sp³-hybridized carbons (Fsp3) is 0.917. The lowest BCUT2D eigenvalue weighted by Gasteiger charge is -2.26. The number of nitrogens with two attached hydrogens (primary N) is 1. The van der Waals surface area contributed by atoms with Crippen LogP contribution in [0.25, 0.3) is 0 Å². The third-order valence-electron chi connectivity index (χ3n) is 3.30. The number of thioether (sulfide) groups is 1. The molecule has 2 unspecified atom stereocenters. The molecule has 1 fully saturated rings. The first-order valence-corrected chi connectivity index (χ1v) is 7.35. The first kappa shape index (κ1) is 14.8. The zero-order valence-corrected chi connectivity index (χ0v) is 11.6. The number of amides is 1. The number of methoxy groups -OCH3 is 1. The van der Waals surface area contributed by atoms with Crippen molar-refractivity contribution in [1.29, 1.82) is 0 Å². The fourth-order valence-corrected chi connectivity index (χ4v) is 3.71. The third kappa shape index (κ3) is 4.16. The Morgan fingerprint density at radius 1 is 1.65 bits per heavy atom. The Balaban J connectivity index is 2.35. The molecule has 1 saturated carbocycles. The van der Waals surface area contributed by atoms with Crippen molar-refractivity contribution in [3.63, 3.8) is 0 Å². The highest BCUT2D eigenvalue weighted by Gasteiger charge is 2.43. The molecule has 0 aromatic heterocycles. The molecule has 0 heterocycles. The van der Waals surface area contributed by atoms with Crippen molar-refractivity contribution in [2.24, 2.45) is 5.73 Å². The van der Waals surface area contributed by atoms with Crippen LogP contribution in [0.4, 0.5) is 0 Å². The zero-order valence-electron chi connectivity index (χ0n) is 10.8. The summed E-state index contributed by atoms with van der Waals surface area (Å²) in [5, 5.41) is 3.83. The normalized spacial score (nSPS) is 28.5. The van der Waals surface area contributed by atoms with Crippen LogP contribution in [0, 0.1) is 0 Å². The minimum atomic E-state index is -0.451. The van der Waals surface area contributed by atoms with Gasteiger partial charge in [0.05, 0.1) is 5.54 Å². The van der Waals surface area contributed by atoms with Crippen LogP contribution in [0.2, 0.25) is 0 Å². The van der Waals surface area contributed by atoms with Gasteiger partial charge < -0.3 is 15.8 Å². The summed E-state index contributed by atoms with van der Waals surface area (Å²) in [5.41, 5.74) is 5.08. The topological polar surface area (TPSA) is 64.3 Å². The van der Waals surface area contributed by atoms with E-state index in [1.807, 2.05) is 18.7 Å². The summed E-state index contributed by atoms with van der Waals surface area (Å²) in [7, 11) is 1.73. The average molecular weight is 260 g/mol. The highest BCUT2D eigenvalue weighted by Crippen LogP contribution is 2.37. The van der Waals surface area contributed by atoms with Crippen molar-refractivity contribution >= 4 is 17.7 Å². The number of hydrogen-bond acceptors (Lipinski definition) is 4. The van der Waals surface area contributed by atoms with E-state index >= 15 is 0 Å². The molecule has 1 rings (SSSR count). The van der Waals surface area contributed by atoms with Crippen LogP contribution in [0.3, 0.4) is 0 Å². The predicted molar refractivity (Wildman–Crippen MR) is 72.2 cm³/mol. The van der Waals surface area contributed by atoms with E-state index in [0.29, 0.717) is 5.25 Å². The first-order chi connectivity index (χ1) is 8.14. The predicted octanol–water partition coefficient (Wildman–Crippen LogP) is 1.14. The second kappa shape index (κ2) is 7.24. The first-order valence-electron chi connectivity index (χ1n) is 6.30. The van der Waals surface area contributed by atoms with E-state index in [-0.39, 0.29) is 5.91 Å². The summed E-state index contributed by atoms with van der Waals surface area (Å²) in [6.45, 7) is 3.63. The molecule has 0 saturated heterocycles. The lowest BCUT2D eigenvalue weighted by Crippen LogP contribution is -2.53. The third-order valence-corrected chi connectivity index (χ3v) is 4.70. The molecule has 0 bridgehead atoms. The summed E-state index contributed by atoms with van der Waals surface area (Å²) >= 11 is 1.94. The summed E-state index contributed by atoms with van der Waals surface area (Å²) in [6, 6.07) is 0. The smallest absolute Gasteiger partial charge is 0.237 e. The van der Waals surface area contributed by atoms with Gasteiger partial charge in [0.1, 0.15) is 0 Å². The van der Waals surface area contributed by atoms with E-state index in [1.54, 1.807) is 7.11 Å². The molecule has 4 nitrogen and oxygen atoms in total. The van der Waals surface area contributed by atoms with Crippen LogP contribution < -0.4 is 11.1 Å². The van der Waals surface area contributed by atoms with E-state index in [1.165, 1.54) is 0 Å². The largest absolute Gasteiger partial charge is 0.385 e. The van der Waals surface area contributed by atoms with Gasteiger partial charge in [-0.2, -0.15) is 11.8 Å². The summed E-state index contributed by atoms with van der Waals surface area (Å²) in [6.07, 6.45) is 3.89. The number of rotatable bonds is 8. The van der Waals surface area contributed by atoms with Gasteiger partial charge in [-0.25, -0.2) is 0 Å².